The molecule has 1 fully saturated rings. The average molecular weight is 472 g/mol. The number of halogens is 5. The molecule has 0 radical (unpaired) electrons. The minimum Gasteiger partial charge on any atom is -0.475 e. The van der Waals surface area contributed by atoms with Crippen LogP contribution in [0, 0.1) is 11.6 Å². The highest BCUT2D eigenvalue weighted by atomic mass is 19.4. The van der Waals surface area contributed by atoms with Gasteiger partial charge in [-0.1, -0.05) is 0 Å². The zero-order valence-corrected chi connectivity index (χ0v) is 17.3. The lowest BCUT2D eigenvalue weighted by Gasteiger charge is -2.36. The summed E-state index contributed by atoms with van der Waals surface area (Å²) in [5, 5.41) is 23.5. The molecule has 8 nitrogen and oxygen atoms in total. The zero-order valence-electron chi connectivity index (χ0n) is 17.3. The molecular formula is C19H25F5N2O6. The Morgan fingerprint density at radius 1 is 1.28 bits per heavy atom. The van der Waals surface area contributed by atoms with Crippen molar-refractivity contribution in [1.82, 2.24) is 10.6 Å². The van der Waals surface area contributed by atoms with E-state index in [1.165, 1.54) is 19.1 Å². The molecular weight excluding hydrogens is 447 g/mol. The third kappa shape index (κ3) is 9.85. The number of ether oxygens (including phenoxy) is 2. The fraction of sp³-hybridized carbons (Fsp3) is 0.579. The molecule has 182 valence electrons. The number of carboxylic acid groups (broad SMARTS) is 1. The molecule has 0 aromatic heterocycles. The minimum atomic E-state index is -5.08. The largest absolute Gasteiger partial charge is 0.490 e. The number of rotatable bonds is 7. The molecule has 1 aromatic carbocycles. The Hall–Kier alpha value is -2.35. The second-order valence-electron chi connectivity index (χ2n) is 6.82. The van der Waals surface area contributed by atoms with Gasteiger partial charge in [0.2, 0.25) is 5.91 Å². The minimum absolute atomic E-state index is 0.0858. The van der Waals surface area contributed by atoms with Crippen LogP contribution in [-0.4, -0.2) is 72.5 Å². The average Bonchev–Trinajstić information content (AvgIpc) is 2.66. The molecule has 2 unspecified atom stereocenters. The topological polar surface area (TPSA) is 117 Å². The summed E-state index contributed by atoms with van der Waals surface area (Å²) in [5.74, 6) is -4.51. The number of hydrogen-bond acceptors (Lipinski definition) is 6. The summed E-state index contributed by atoms with van der Waals surface area (Å²) in [4.78, 5) is 20.4. The SMILES string of the molecule is CCOC1CNC([C@@H](O)[C@H](Cc2cc(F)cc(F)c2)NC(C)=O)CO1.O=C(O)C(F)(F)F. The second-order valence-corrected chi connectivity index (χ2v) is 6.82. The van der Waals surface area contributed by atoms with Gasteiger partial charge < -0.3 is 30.3 Å². The molecule has 13 heteroatoms. The van der Waals surface area contributed by atoms with E-state index in [1.54, 1.807) is 0 Å². The van der Waals surface area contributed by atoms with Crippen LogP contribution in [0.3, 0.4) is 0 Å². The lowest BCUT2D eigenvalue weighted by Crippen LogP contribution is -2.59. The maximum absolute atomic E-state index is 13.4. The maximum atomic E-state index is 13.4. The van der Waals surface area contributed by atoms with E-state index in [4.69, 9.17) is 19.4 Å². The monoisotopic (exact) mass is 472 g/mol. The quantitative estimate of drug-likeness (QED) is 0.443. The highest BCUT2D eigenvalue weighted by molar-refractivity contribution is 5.73. The van der Waals surface area contributed by atoms with Crippen LogP contribution in [0.2, 0.25) is 0 Å². The Balaban J connectivity index is 0.000000633. The van der Waals surface area contributed by atoms with E-state index in [2.05, 4.69) is 10.6 Å². The first kappa shape index (κ1) is 27.7. The molecule has 0 saturated carbocycles. The van der Waals surface area contributed by atoms with Crippen LogP contribution < -0.4 is 10.6 Å². The lowest BCUT2D eigenvalue weighted by molar-refractivity contribution is -0.192. The number of carboxylic acids is 1. The van der Waals surface area contributed by atoms with Gasteiger partial charge in [0.15, 0.2) is 6.29 Å². The molecule has 1 aliphatic heterocycles. The van der Waals surface area contributed by atoms with Crippen molar-refractivity contribution in [3.8, 4) is 0 Å². The summed E-state index contributed by atoms with van der Waals surface area (Å²) in [6, 6.07) is 1.98. The number of alkyl halides is 3. The zero-order chi connectivity index (χ0) is 24.5. The number of hydrogen-bond donors (Lipinski definition) is 4. The Kier molecular flexibility index (Phi) is 10.9. The van der Waals surface area contributed by atoms with Crippen molar-refractivity contribution >= 4 is 11.9 Å². The van der Waals surface area contributed by atoms with Gasteiger partial charge in [0.05, 0.1) is 24.8 Å². The van der Waals surface area contributed by atoms with Gasteiger partial charge in [-0.2, -0.15) is 13.2 Å². The standard InChI is InChI=1S/C17H24F2N2O4.C2HF3O2/c1-3-24-16-8-20-15(9-25-16)17(23)14(21-10(2)22)6-11-4-12(18)7-13(19)5-11;3-2(4,5)1(6)7/h4-5,7,14-17,20,23H,3,6,8-9H2,1-2H3,(H,21,22);(H,6,7)/t14-,15?,16?,17-;/m0./s1. The van der Waals surface area contributed by atoms with Crippen molar-refractivity contribution in [3.63, 3.8) is 0 Å². The first-order valence-corrected chi connectivity index (χ1v) is 9.50. The number of aliphatic hydroxyl groups excluding tert-OH is 1. The van der Waals surface area contributed by atoms with Gasteiger partial charge in [-0.3, -0.25) is 4.79 Å². The molecule has 0 bridgehead atoms. The number of carbonyl (C=O) groups excluding carboxylic acids is 1. The highest BCUT2D eigenvalue weighted by Crippen LogP contribution is 2.15. The normalized spacial score (nSPS) is 20.5. The number of morpholine rings is 1. The van der Waals surface area contributed by atoms with Gasteiger partial charge >= 0.3 is 12.1 Å². The molecule has 0 spiro atoms. The van der Waals surface area contributed by atoms with Gasteiger partial charge in [0, 0.05) is 26.1 Å². The summed E-state index contributed by atoms with van der Waals surface area (Å²) >= 11 is 0. The molecule has 1 amide bonds. The fourth-order valence-electron chi connectivity index (χ4n) is 2.87. The van der Waals surface area contributed by atoms with E-state index in [0.717, 1.165) is 6.07 Å². The third-order valence-corrected chi connectivity index (χ3v) is 4.19. The summed E-state index contributed by atoms with van der Waals surface area (Å²) in [6.45, 7) is 4.28. The van der Waals surface area contributed by atoms with Gasteiger partial charge in [0.1, 0.15) is 11.6 Å². The maximum Gasteiger partial charge on any atom is 0.490 e. The van der Waals surface area contributed by atoms with Crippen LogP contribution in [0.25, 0.3) is 0 Å². The third-order valence-electron chi connectivity index (χ3n) is 4.19. The molecule has 1 heterocycles. The van der Waals surface area contributed by atoms with Crippen LogP contribution in [0.4, 0.5) is 22.0 Å². The Bertz CT molecular complexity index is 736. The number of amides is 1. The van der Waals surface area contributed by atoms with Crippen LogP contribution in [0.15, 0.2) is 18.2 Å². The summed E-state index contributed by atoms with van der Waals surface area (Å²) in [5.41, 5.74) is 0.347. The predicted molar refractivity (Wildman–Crippen MR) is 101 cm³/mol. The van der Waals surface area contributed by atoms with E-state index < -0.39 is 42.0 Å². The first-order valence-electron chi connectivity index (χ1n) is 9.50. The van der Waals surface area contributed by atoms with Gasteiger partial charge in [-0.15, -0.1) is 0 Å². The summed E-state index contributed by atoms with van der Waals surface area (Å²) < 4.78 is 69.3. The van der Waals surface area contributed by atoms with E-state index >= 15 is 0 Å². The number of nitrogens with one attached hydrogen (secondary N) is 2. The van der Waals surface area contributed by atoms with Gasteiger partial charge in [-0.25, -0.2) is 13.6 Å². The molecule has 1 saturated heterocycles. The molecule has 4 N–H and O–H groups in total. The van der Waals surface area contributed by atoms with Gasteiger partial charge in [0.25, 0.3) is 0 Å². The second kappa shape index (κ2) is 12.6. The Morgan fingerprint density at radius 3 is 2.25 bits per heavy atom. The summed E-state index contributed by atoms with van der Waals surface area (Å²) in [6.07, 6.45) is -6.38. The Morgan fingerprint density at radius 2 is 1.84 bits per heavy atom. The highest BCUT2D eigenvalue weighted by Gasteiger charge is 2.38. The van der Waals surface area contributed by atoms with Crippen molar-refractivity contribution < 1.29 is 51.2 Å². The smallest absolute Gasteiger partial charge is 0.475 e. The lowest BCUT2D eigenvalue weighted by atomic mass is 9.95. The van der Waals surface area contributed by atoms with Crippen LogP contribution in [-0.2, 0) is 25.5 Å². The molecule has 2 rings (SSSR count). The van der Waals surface area contributed by atoms with E-state index in [0.29, 0.717) is 18.7 Å². The number of aliphatic carboxylic acids is 1. The molecule has 4 atom stereocenters. The van der Waals surface area contributed by atoms with E-state index in [1.807, 2.05) is 6.92 Å². The van der Waals surface area contributed by atoms with Crippen molar-refractivity contribution in [2.24, 2.45) is 0 Å². The van der Waals surface area contributed by atoms with Crippen LogP contribution in [0.5, 0.6) is 0 Å². The Labute approximate surface area is 180 Å². The van der Waals surface area contributed by atoms with Crippen LogP contribution in [0.1, 0.15) is 19.4 Å². The van der Waals surface area contributed by atoms with Crippen molar-refractivity contribution in [2.45, 2.75) is 50.9 Å². The van der Waals surface area contributed by atoms with Crippen molar-refractivity contribution in [2.75, 3.05) is 19.8 Å². The molecule has 1 aromatic rings. The fourth-order valence-corrected chi connectivity index (χ4v) is 2.87. The number of aliphatic hydroxyl groups is 1. The molecule has 32 heavy (non-hydrogen) atoms. The van der Waals surface area contributed by atoms with E-state index in [9.17, 15) is 31.9 Å². The predicted octanol–water partition coefficient (Wildman–Crippen LogP) is 1.36. The number of carbonyl (C=O) groups is 2. The van der Waals surface area contributed by atoms with Crippen LogP contribution >= 0.6 is 0 Å². The molecule has 0 aliphatic carbocycles. The van der Waals surface area contributed by atoms with Gasteiger partial charge in [-0.05, 0) is 31.0 Å². The van der Waals surface area contributed by atoms with Crippen molar-refractivity contribution in [3.05, 3.63) is 35.4 Å². The summed E-state index contributed by atoms with van der Waals surface area (Å²) in [7, 11) is 0. The van der Waals surface area contributed by atoms with Crippen molar-refractivity contribution in [1.29, 1.82) is 0 Å². The first-order chi connectivity index (χ1) is 14.8. The molecule has 1 aliphatic rings. The van der Waals surface area contributed by atoms with E-state index in [-0.39, 0.29) is 25.2 Å². The number of benzene rings is 1.